The largest absolute Gasteiger partial charge is 0.480 e. The minimum absolute atomic E-state index is 0.0442. The van der Waals surface area contributed by atoms with Crippen LogP contribution in [0.3, 0.4) is 0 Å². The number of hydrogen-bond acceptors (Lipinski definition) is 7. The van der Waals surface area contributed by atoms with Crippen molar-refractivity contribution < 1.29 is 24.6 Å². The maximum atomic E-state index is 11.7. The minimum atomic E-state index is -1.24. The smallest absolute Gasteiger partial charge is 0.327 e. The molecule has 0 bridgehead atoms. The van der Waals surface area contributed by atoms with Gasteiger partial charge in [-0.15, -0.1) is 10.2 Å². The van der Waals surface area contributed by atoms with Crippen LogP contribution in [0.15, 0.2) is 0 Å². The van der Waals surface area contributed by atoms with Gasteiger partial charge < -0.3 is 20.8 Å². The van der Waals surface area contributed by atoms with Crippen molar-refractivity contribution in [2.75, 3.05) is 12.0 Å². The summed E-state index contributed by atoms with van der Waals surface area (Å²) in [5.41, 5.74) is 0. The Bertz CT molecular complexity index is 510. The van der Waals surface area contributed by atoms with E-state index in [9.17, 15) is 14.4 Å². The summed E-state index contributed by atoms with van der Waals surface area (Å²) >= 11 is 1.25. The number of carboxylic acids is 2. The lowest BCUT2D eigenvalue weighted by molar-refractivity contribution is -0.139. The van der Waals surface area contributed by atoms with Crippen LogP contribution in [-0.2, 0) is 16.0 Å². The first-order valence-corrected chi connectivity index (χ1v) is 7.57. The second-order valence-corrected chi connectivity index (χ2v) is 5.13. The number of aryl methyl sites for hydroxylation is 1. The third-order valence-electron chi connectivity index (χ3n) is 2.59. The number of rotatable bonds is 9. The highest BCUT2D eigenvalue weighted by atomic mass is 32.2. The zero-order valence-corrected chi connectivity index (χ0v) is 12.5. The standard InChI is InChI=1S/C10H16N6O5S/c1-22-4-6(9(19)20)12-10(21)11-5(8(17)18)2-3-7-13-15-16-14-7/h5-6H,2-4H2,1H3,(H,17,18)(H,19,20)(H2,11,12,21)(H,13,14,15,16). The fourth-order valence-electron chi connectivity index (χ4n) is 1.52. The average molecular weight is 332 g/mol. The van der Waals surface area contributed by atoms with Crippen LogP contribution in [0.2, 0.25) is 0 Å². The van der Waals surface area contributed by atoms with Crippen molar-refractivity contribution in [2.24, 2.45) is 0 Å². The zero-order chi connectivity index (χ0) is 16.5. The molecule has 0 radical (unpaired) electrons. The van der Waals surface area contributed by atoms with Crippen molar-refractivity contribution in [3.8, 4) is 0 Å². The lowest BCUT2D eigenvalue weighted by atomic mass is 10.1. The predicted octanol–water partition coefficient (Wildman–Crippen LogP) is -1.30. The highest BCUT2D eigenvalue weighted by molar-refractivity contribution is 7.98. The van der Waals surface area contributed by atoms with Gasteiger partial charge in [0.1, 0.15) is 12.1 Å². The number of thioether (sulfide) groups is 1. The second-order valence-electron chi connectivity index (χ2n) is 4.22. The number of aliphatic carboxylic acids is 2. The number of amides is 2. The van der Waals surface area contributed by atoms with Gasteiger partial charge in [0.15, 0.2) is 5.82 Å². The number of carbonyl (C=O) groups is 3. The molecule has 5 N–H and O–H groups in total. The highest BCUT2D eigenvalue weighted by Gasteiger charge is 2.24. The number of nitrogens with one attached hydrogen (secondary N) is 3. The van der Waals surface area contributed by atoms with Crippen molar-refractivity contribution in [3.05, 3.63) is 5.82 Å². The molecule has 0 aliphatic heterocycles. The third kappa shape index (κ3) is 5.95. The first-order chi connectivity index (χ1) is 10.4. The summed E-state index contributed by atoms with van der Waals surface area (Å²) < 4.78 is 0. The van der Waals surface area contributed by atoms with E-state index in [0.717, 1.165) is 0 Å². The van der Waals surface area contributed by atoms with E-state index in [0.29, 0.717) is 5.82 Å². The van der Waals surface area contributed by atoms with E-state index in [1.54, 1.807) is 6.26 Å². The van der Waals surface area contributed by atoms with Crippen LogP contribution in [0, 0.1) is 0 Å². The average Bonchev–Trinajstić information content (AvgIpc) is 2.95. The molecule has 1 heterocycles. The molecule has 0 aliphatic rings. The molecule has 1 aromatic rings. The molecule has 1 rings (SSSR count). The predicted molar refractivity (Wildman–Crippen MR) is 75.4 cm³/mol. The van der Waals surface area contributed by atoms with E-state index in [1.165, 1.54) is 11.8 Å². The van der Waals surface area contributed by atoms with Gasteiger partial charge in [-0.25, -0.2) is 14.4 Å². The summed E-state index contributed by atoms with van der Waals surface area (Å²) in [4.78, 5) is 33.7. The van der Waals surface area contributed by atoms with Gasteiger partial charge in [-0.1, -0.05) is 5.21 Å². The molecular weight excluding hydrogens is 316 g/mol. The van der Waals surface area contributed by atoms with Gasteiger partial charge in [0.2, 0.25) is 0 Å². The molecule has 2 atom stereocenters. The molecule has 12 heteroatoms. The molecular formula is C10H16N6O5S. The highest BCUT2D eigenvalue weighted by Crippen LogP contribution is 2.01. The number of carbonyl (C=O) groups excluding carboxylic acids is 1. The maximum Gasteiger partial charge on any atom is 0.327 e. The van der Waals surface area contributed by atoms with E-state index < -0.39 is 30.1 Å². The molecule has 0 aliphatic carbocycles. The summed E-state index contributed by atoms with van der Waals surface area (Å²) in [5, 5.41) is 35.3. The number of hydrogen-bond donors (Lipinski definition) is 5. The lowest BCUT2D eigenvalue weighted by Crippen LogP contribution is -2.52. The molecule has 0 fully saturated rings. The Balaban J connectivity index is 2.52. The molecule has 1 aromatic heterocycles. The van der Waals surface area contributed by atoms with Gasteiger partial charge >= 0.3 is 18.0 Å². The third-order valence-corrected chi connectivity index (χ3v) is 3.25. The summed E-state index contributed by atoms with van der Waals surface area (Å²) in [6.07, 6.45) is 1.93. The van der Waals surface area contributed by atoms with Crippen LogP contribution in [0.4, 0.5) is 4.79 Å². The van der Waals surface area contributed by atoms with Crippen molar-refractivity contribution in [1.29, 1.82) is 0 Å². The van der Waals surface area contributed by atoms with Crippen LogP contribution in [0.1, 0.15) is 12.2 Å². The molecule has 22 heavy (non-hydrogen) atoms. The maximum absolute atomic E-state index is 11.7. The number of carboxylic acid groups (broad SMARTS) is 2. The van der Waals surface area contributed by atoms with Gasteiger partial charge in [0.05, 0.1) is 0 Å². The minimum Gasteiger partial charge on any atom is -0.480 e. The Morgan fingerprint density at radius 3 is 2.36 bits per heavy atom. The summed E-state index contributed by atoms with van der Waals surface area (Å²) in [7, 11) is 0. The van der Waals surface area contributed by atoms with Gasteiger partial charge in [0.25, 0.3) is 0 Å². The number of urea groups is 1. The van der Waals surface area contributed by atoms with E-state index in [1.807, 2.05) is 0 Å². The van der Waals surface area contributed by atoms with Crippen LogP contribution in [0.5, 0.6) is 0 Å². The van der Waals surface area contributed by atoms with Crippen LogP contribution < -0.4 is 10.6 Å². The number of tetrazole rings is 1. The van der Waals surface area contributed by atoms with Gasteiger partial charge in [0, 0.05) is 12.2 Å². The van der Waals surface area contributed by atoms with Crippen molar-refractivity contribution in [3.63, 3.8) is 0 Å². The van der Waals surface area contributed by atoms with E-state index in [2.05, 4.69) is 31.3 Å². The Morgan fingerprint density at radius 2 is 1.86 bits per heavy atom. The Hall–Kier alpha value is -2.37. The number of aromatic nitrogens is 4. The van der Waals surface area contributed by atoms with Crippen LogP contribution in [-0.4, -0.2) is 72.9 Å². The van der Waals surface area contributed by atoms with Gasteiger partial charge in [-0.05, 0) is 12.7 Å². The molecule has 0 saturated heterocycles. The van der Waals surface area contributed by atoms with Crippen LogP contribution in [0.25, 0.3) is 0 Å². The van der Waals surface area contributed by atoms with Crippen molar-refractivity contribution >= 4 is 29.7 Å². The molecule has 2 amide bonds. The molecule has 11 nitrogen and oxygen atoms in total. The van der Waals surface area contributed by atoms with Gasteiger partial charge in [-0.3, -0.25) is 0 Å². The molecule has 0 saturated carbocycles. The first-order valence-electron chi connectivity index (χ1n) is 6.18. The van der Waals surface area contributed by atoms with Crippen molar-refractivity contribution in [1.82, 2.24) is 31.3 Å². The molecule has 2 unspecified atom stereocenters. The van der Waals surface area contributed by atoms with Crippen molar-refractivity contribution in [2.45, 2.75) is 24.9 Å². The fraction of sp³-hybridized carbons (Fsp3) is 0.600. The summed E-state index contributed by atoms with van der Waals surface area (Å²) in [6.45, 7) is 0. The normalized spacial score (nSPS) is 13.1. The quantitative estimate of drug-likeness (QED) is 0.368. The Morgan fingerprint density at radius 1 is 1.23 bits per heavy atom. The van der Waals surface area contributed by atoms with Crippen LogP contribution >= 0.6 is 11.8 Å². The number of aromatic amines is 1. The summed E-state index contributed by atoms with van der Waals surface area (Å²) in [6, 6.07) is -3.15. The molecule has 0 spiro atoms. The SMILES string of the molecule is CSCC(NC(=O)NC(CCc1nn[nH]n1)C(=O)O)C(=O)O. The monoisotopic (exact) mass is 332 g/mol. The second kappa shape index (κ2) is 8.81. The number of nitrogens with zero attached hydrogens (tertiary/aromatic N) is 3. The zero-order valence-electron chi connectivity index (χ0n) is 11.6. The van der Waals surface area contributed by atoms with E-state index in [-0.39, 0.29) is 18.6 Å². The Kier molecular flexibility index (Phi) is 7.08. The topological polar surface area (TPSA) is 170 Å². The Labute approximate surface area is 129 Å². The lowest BCUT2D eigenvalue weighted by Gasteiger charge is -2.17. The first kappa shape index (κ1) is 17.7. The molecule has 122 valence electrons. The van der Waals surface area contributed by atoms with E-state index >= 15 is 0 Å². The number of H-pyrrole nitrogens is 1. The summed E-state index contributed by atoms with van der Waals surface area (Å²) in [5.74, 6) is -1.94. The fourth-order valence-corrected chi connectivity index (χ4v) is 2.08. The van der Waals surface area contributed by atoms with Gasteiger partial charge in [-0.2, -0.15) is 17.0 Å². The van der Waals surface area contributed by atoms with E-state index in [4.69, 9.17) is 10.2 Å². The molecule has 0 aromatic carbocycles.